The molecule has 7 nitrogen and oxygen atoms in total. The highest BCUT2D eigenvalue weighted by Gasteiger charge is 2.21. The number of aromatic nitrogens is 4. The molecule has 3 heterocycles. The summed E-state index contributed by atoms with van der Waals surface area (Å²) in [7, 11) is 1.72. The highest BCUT2D eigenvalue weighted by atomic mass is 16.5. The molecule has 0 spiro atoms. The van der Waals surface area contributed by atoms with Crippen molar-refractivity contribution in [2.45, 2.75) is 45.7 Å². The van der Waals surface area contributed by atoms with Crippen LogP contribution in [0.4, 0.5) is 0 Å². The van der Waals surface area contributed by atoms with Crippen molar-refractivity contribution in [2.75, 3.05) is 7.11 Å². The van der Waals surface area contributed by atoms with Gasteiger partial charge in [-0.05, 0) is 54.5 Å². The molecule has 7 heteroatoms. The minimum Gasteiger partial charge on any atom is -0.496 e. The fraction of sp³-hybridized carbons (Fsp3) is 0.346. The molecule has 0 fully saturated rings. The Morgan fingerprint density at radius 1 is 1.15 bits per heavy atom. The van der Waals surface area contributed by atoms with Crippen molar-refractivity contribution >= 4 is 5.65 Å². The van der Waals surface area contributed by atoms with Gasteiger partial charge in [-0.25, -0.2) is 9.50 Å². The fourth-order valence-electron chi connectivity index (χ4n) is 4.70. The number of pyridine rings is 1. The second-order valence-corrected chi connectivity index (χ2v) is 8.99. The molecule has 0 bridgehead atoms. The molecule has 1 aliphatic carbocycles. The zero-order valence-corrected chi connectivity index (χ0v) is 19.3. The highest BCUT2D eigenvalue weighted by Crippen LogP contribution is 2.31. The van der Waals surface area contributed by atoms with Crippen LogP contribution in [0.2, 0.25) is 0 Å². The molecular formula is C26H29N5O2. The quantitative estimate of drug-likeness (QED) is 0.450. The number of aromatic amines is 1. The fourth-order valence-corrected chi connectivity index (χ4v) is 4.70. The predicted molar refractivity (Wildman–Crippen MR) is 128 cm³/mol. The van der Waals surface area contributed by atoms with Crippen LogP contribution >= 0.6 is 0 Å². The molecule has 1 atom stereocenters. The van der Waals surface area contributed by atoms with E-state index >= 15 is 0 Å². The van der Waals surface area contributed by atoms with Crippen molar-refractivity contribution in [3.8, 4) is 17.1 Å². The Morgan fingerprint density at radius 2 is 1.97 bits per heavy atom. The van der Waals surface area contributed by atoms with E-state index in [1.807, 2.05) is 24.3 Å². The van der Waals surface area contributed by atoms with Gasteiger partial charge in [0.15, 0.2) is 5.65 Å². The number of methoxy groups -OCH3 is 1. The first kappa shape index (κ1) is 21.4. The SMILES string of the molecule is COc1cc2c(cc1CN[C@H](c1cc(=O)n3[nH]c(-c4ccccn4)cc3n1)C(C)C)CCC2. The van der Waals surface area contributed by atoms with Gasteiger partial charge in [0.05, 0.1) is 30.2 Å². The first-order valence-corrected chi connectivity index (χ1v) is 11.5. The Kier molecular flexibility index (Phi) is 5.72. The van der Waals surface area contributed by atoms with Crippen molar-refractivity contribution in [3.05, 3.63) is 81.4 Å². The van der Waals surface area contributed by atoms with Crippen molar-refractivity contribution in [1.82, 2.24) is 24.9 Å². The molecule has 0 unspecified atom stereocenters. The van der Waals surface area contributed by atoms with Gasteiger partial charge in [-0.1, -0.05) is 26.0 Å². The highest BCUT2D eigenvalue weighted by molar-refractivity contribution is 5.60. The maximum atomic E-state index is 12.9. The summed E-state index contributed by atoms with van der Waals surface area (Å²) < 4.78 is 7.14. The summed E-state index contributed by atoms with van der Waals surface area (Å²) in [6.45, 7) is 4.92. The van der Waals surface area contributed by atoms with Crippen LogP contribution in [0.3, 0.4) is 0 Å². The first-order valence-electron chi connectivity index (χ1n) is 11.5. The van der Waals surface area contributed by atoms with Crippen LogP contribution in [-0.2, 0) is 19.4 Å². The van der Waals surface area contributed by atoms with Crippen molar-refractivity contribution < 1.29 is 4.74 Å². The number of fused-ring (bicyclic) bond motifs is 2. The molecule has 4 aromatic rings. The number of benzene rings is 1. The van der Waals surface area contributed by atoms with Crippen molar-refractivity contribution in [3.63, 3.8) is 0 Å². The number of ether oxygens (including phenoxy) is 1. The average molecular weight is 444 g/mol. The number of hydrogen-bond donors (Lipinski definition) is 2. The van der Waals surface area contributed by atoms with E-state index in [-0.39, 0.29) is 17.5 Å². The number of rotatable bonds is 7. The summed E-state index contributed by atoms with van der Waals surface area (Å²) in [5, 5.41) is 6.75. The number of nitrogens with zero attached hydrogens (tertiary/aromatic N) is 3. The predicted octanol–water partition coefficient (Wildman–Crippen LogP) is 4.07. The lowest BCUT2D eigenvalue weighted by Crippen LogP contribution is -2.28. The summed E-state index contributed by atoms with van der Waals surface area (Å²) in [5.41, 5.74) is 6.66. The topological polar surface area (TPSA) is 84.3 Å². The van der Waals surface area contributed by atoms with E-state index in [1.54, 1.807) is 19.4 Å². The largest absolute Gasteiger partial charge is 0.496 e. The molecule has 0 amide bonds. The molecule has 3 aromatic heterocycles. The van der Waals surface area contributed by atoms with E-state index in [9.17, 15) is 4.79 Å². The van der Waals surface area contributed by atoms with Crippen LogP contribution in [-0.4, -0.2) is 26.7 Å². The smallest absolute Gasteiger partial charge is 0.272 e. The lowest BCUT2D eigenvalue weighted by atomic mass is 9.99. The van der Waals surface area contributed by atoms with Crippen LogP contribution in [0, 0.1) is 5.92 Å². The first-order chi connectivity index (χ1) is 16.0. The van der Waals surface area contributed by atoms with Gasteiger partial charge in [0.1, 0.15) is 5.75 Å². The van der Waals surface area contributed by atoms with Crippen LogP contribution < -0.4 is 15.6 Å². The molecule has 33 heavy (non-hydrogen) atoms. The van der Waals surface area contributed by atoms with Gasteiger partial charge in [0.25, 0.3) is 5.56 Å². The molecule has 0 radical (unpaired) electrons. The monoisotopic (exact) mass is 443 g/mol. The van der Waals surface area contributed by atoms with Gasteiger partial charge in [-0.3, -0.25) is 14.9 Å². The summed E-state index contributed by atoms with van der Waals surface area (Å²) in [5.74, 6) is 1.16. The third-order valence-electron chi connectivity index (χ3n) is 6.40. The lowest BCUT2D eigenvalue weighted by Gasteiger charge is -2.23. The third kappa shape index (κ3) is 4.16. The van der Waals surface area contributed by atoms with Crippen molar-refractivity contribution in [2.24, 2.45) is 5.92 Å². The van der Waals surface area contributed by atoms with Crippen LogP contribution in [0.15, 0.2) is 53.5 Å². The van der Waals surface area contributed by atoms with E-state index in [0.717, 1.165) is 41.2 Å². The molecule has 170 valence electrons. The zero-order chi connectivity index (χ0) is 22.9. The number of H-pyrrole nitrogens is 1. The van der Waals surface area contributed by atoms with E-state index in [1.165, 1.54) is 22.1 Å². The Labute approximate surface area is 192 Å². The van der Waals surface area contributed by atoms with Crippen LogP contribution in [0.5, 0.6) is 5.75 Å². The molecule has 2 N–H and O–H groups in total. The average Bonchev–Trinajstić information content (AvgIpc) is 3.46. The minimum atomic E-state index is -0.139. The van der Waals surface area contributed by atoms with E-state index in [2.05, 4.69) is 41.4 Å². The van der Waals surface area contributed by atoms with Gasteiger partial charge < -0.3 is 10.1 Å². The molecule has 5 rings (SSSR count). The van der Waals surface area contributed by atoms with Crippen LogP contribution in [0.25, 0.3) is 17.0 Å². The Balaban J connectivity index is 1.45. The Morgan fingerprint density at radius 3 is 2.70 bits per heavy atom. The lowest BCUT2D eigenvalue weighted by molar-refractivity contribution is 0.384. The molecular weight excluding hydrogens is 414 g/mol. The maximum Gasteiger partial charge on any atom is 0.272 e. The number of aryl methyl sites for hydroxylation is 2. The zero-order valence-electron chi connectivity index (χ0n) is 19.3. The molecule has 1 aliphatic rings. The minimum absolute atomic E-state index is 0.0751. The van der Waals surface area contributed by atoms with Gasteiger partial charge in [0, 0.05) is 30.4 Å². The molecule has 0 saturated carbocycles. The number of hydrogen-bond acceptors (Lipinski definition) is 5. The summed E-state index contributed by atoms with van der Waals surface area (Å²) in [6.07, 6.45) is 5.18. The Bertz CT molecular complexity index is 1340. The second-order valence-electron chi connectivity index (χ2n) is 8.99. The van der Waals surface area contributed by atoms with Crippen LogP contribution in [0.1, 0.15) is 48.7 Å². The molecule has 1 aromatic carbocycles. The molecule has 0 saturated heterocycles. The Hall–Kier alpha value is -3.45. The van der Waals surface area contributed by atoms with Crippen molar-refractivity contribution in [1.29, 1.82) is 0 Å². The maximum absolute atomic E-state index is 12.9. The molecule has 0 aliphatic heterocycles. The van der Waals surface area contributed by atoms with E-state index in [4.69, 9.17) is 9.72 Å². The standard InChI is InChI=1S/C26H29N5O2/c1-16(2)26(28-15-19-11-17-7-6-8-18(17)12-23(19)33-3)22-14-25(32)31-24(29-22)13-21(30-31)20-9-4-5-10-27-20/h4-5,9-14,16,26,28,30H,6-8,15H2,1-3H3/t26-/m0/s1. The van der Waals surface area contributed by atoms with Gasteiger partial charge in [-0.2, -0.15) is 0 Å². The second kappa shape index (κ2) is 8.83. The van der Waals surface area contributed by atoms with E-state index in [0.29, 0.717) is 12.2 Å². The van der Waals surface area contributed by atoms with Gasteiger partial charge in [-0.15, -0.1) is 0 Å². The van der Waals surface area contributed by atoms with Gasteiger partial charge >= 0.3 is 0 Å². The van der Waals surface area contributed by atoms with Gasteiger partial charge in [0.2, 0.25) is 0 Å². The normalized spacial score (nSPS) is 14.1. The third-order valence-corrected chi connectivity index (χ3v) is 6.40. The van der Waals surface area contributed by atoms with E-state index < -0.39 is 0 Å². The summed E-state index contributed by atoms with van der Waals surface area (Å²) >= 11 is 0. The number of nitrogens with one attached hydrogen (secondary N) is 2. The summed E-state index contributed by atoms with van der Waals surface area (Å²) in [6, 6.07) is 13.5. The summed E-state index contributed by atoms with van der Waals surface area (Å²) in [4.78, 5) is 22.1.